The lowest BCUT2D eigenvalue weighted by atomic mass is 9.84. The van der Waals surface area contributed by atoms with E-state index in [1.54, 1.807) is 30.3 Å². The molecule has 2 aromatic carbocycles. The fourth-order valence-corrected chi connectivity index (χ4v) is 3.92. The van der Waals surface area contributed by atoms with Crippen molar-refractivity contribution in [2.45, 2.75) is 32.6 Å². The van der Waals surface area contributed by atoms with Gasteiger partial charge in [-0.15, -0.1) is 0 Å². The van der Waals surface area contributed by atoms with Gasteiger partial charge in [-0.2, -0.15) is 0 Å². The van der Waals surface area contributed by atoms with Gasteiger partial charge in [-0.1, -0.05) is 19.9 Å². The molecule has 6 heteroatoms. The van der Waals surface area contributed by atoms with E-state index in [4.69, 9.17) is 14.2 Å². The summed E-state index contributed by atoms with van der Waals surface area (Å²) in [5, 5.41) is 9.98. The van der Waals surface area contributed by atoms with Gasteiger partial charge in [-0.25, -0.2) is 0 Å². The van der Waals surface area contributed by atoms with Crippen molar-refractivity contribution in [2.75, 3.05) is 7.11 Å². The molecule has 0 saturated carbocycles. The Morgan fingerprint density at radius 3 is 2.69 bits per heavy atom. The first kappa shape index (κ1) is 19.1. The van der Waals surface area contributed by atoms with Crippen molar-refractivity contribution in [2.24, 2.45) is 5.92 Å². The van der Waals surface area contributed by atoms with Crippen LogP contribution in [-0.2, 0) is 4.79 Å². The number of ether oxygens (including phenoxy) is 3. The van der Waals surface area contributed by atoms with Crippen LogP contribution in [0.15, 0.2) is 36.1 Å². The number of hydrogen-bond donors (Lipinski definition) is 1. The Kier molecular flexibility index (Phi) is 4.78. The predicted molar refractivity (Wildman–Crippen MR) is 106 cm³/mol. The quantitative estimate of drug-likeness (QED) is 0.469. The van der Waals surface area contributed by atoms with Crippen molar-refractivity contribution in [3.8, 4) is 23.0 Å². The van der Waals surface area contributed by atoms with Crippen LogP contribution >= 0.6 is 0 Å². The molecule has 29 heavy (non-hydrogen) atoms. The Morgan fingerprint density at radius 2 is 2.00 bits per heavy atom. The SMILES string of the molecule is COc1ccc(/C=C2\Oc3c(ccc4c3[C@H](CC(C)C)CC(=O)O4)C2=O)cc1O. The molecule has 0 fully saturated rings. The van der Waals surface area contributed by atoms with Crippen molar-refractivity contribution >= 4 is 17.8 Å². The summed E-state index contributed by atoms with van der Waals surface area (Å²) in [6.45, 7) is 4.19. The molecule has 2 aliphatic rings. The van der Waals surface area contributed by atoms with Crippen LogP contribution in [0.25, 0.3) is 6.08 Å². The molecule has 2 heterocycles. The molecule has 150 valence electrons. The molecule has 0 bridgehead atoms. The molecule has 0 amide bonds. The number of rotatable bonds is 4. The molecule has 4 rings (SSSR count). The van der Waals surface area contributed by atoms with E-state index < -0.39 is 0 Å². The molecule has 2 aliphatic heterocycles. The van der Waals surface area contributed by atoms with E-state index in [1.165, 1.54) is 13.2 Å². The van der Waals surface area contributed by atoms with Crippen molar-refractivity contribution in [1.29, 1.82) is 0 Å². The number of aromatic hydroxyl groups is 1. The summed E-state index contributed by atoms with van der Waals surface area (Å²) in [6, 6.07) is 8.15. The van der Waals surface area contributed by atoms with Gasteiger partial charge in [0.05, 0.1) is 19.1 Å². The van der Waals surface area contributed by atoms with Gasteiger partial charge in [0.25, 0.3) is 0 Å². The fraction of sp³-hybridized carbons (Fsp3) is 0.304. The molecule has 0 spiro atoms. The van der Waals surface area contributed by atoms with Crippen molar-refractivity contribution in [3.05, 3.63) is 52.8 Å². The van der Waals surface area contributed by atoms with Gasteiger partial charge in [-0.3, -0.25) is 9.59 Å². The summed E-state index contributed by atoms with van der Waals surface area (Å²) in [6.07, 6.45) is 2.65. The highest BCUT2D eigenvalue weighted by molar-refractivity contribution is 6.15. The average Bonchev–Trinajstić information content (AvgIpc) is 2.96. The van der Waals surface area contributed by atoms with E-state index in [2.05, 4.69) is 13.8 Å². The Bertz CT molecular complexity index is 1030. The topological polar surface area (TPSA) is 82.1 Å². The van der Waals surface area contributed by atoms with Gasteiger partial charge in [0.1, 0.15) is 11.5 Å². The summed E-state index contributed by atoms with van der Waals surface area (Å²) in [5.74, 6) is 1.24. The van der Waals surface area contributed by atoms with E-state index in [-0.39, 0.29) is 35.6 Å². The van der Waals surface area contributed by atoms with Crippen LogP contribution in [0.1, 0.15) is 54.1 Å². The third-order valence-corrected chi connectivity index (χ3v) is 5.14. The maximum atomic E-state index is 12.9. The standard InChI is InChI=1S/C23H22O6/c1-12(2)8-14-11-20(25)28-18-7-5-15-22(26)19(29-23(15)21(14)18)10-13-4-6-17(27-3)16(24)9-13/h4-7,9-10,12,14,24H,8,11H2,1-3H3/b19-10-/t14-/m1/s1. The number of hydrogen-bond acceptors (Lipinski definition) is 6. The second kappa shape index (κ2) is 7.28. The van der Waals surface area contributed by atoms with Crippen molar-refractivity contribution < 1.29 is 28.9 Å². The minimum Gasteiger partial charge on any atom is -0.504 e. The Hall–Kier alpha value is -3.28. The molecule has 0 aromatic heterocycles. The second-order valence-electron chi connectivity index (χ2n) is 7.73. The van der Waals surface area contributed by atoms with Crippen molar-refractivity contribution in [1.82, 2.24) is 0 Å². The minimum absolute atomic E-state index is 0.0221. The Balaban J connectivity index is 1.73. The summed E-state index contributed by atoms with van der Waals surface area (Å²) < 4.78 is 16.4. The molecule has 0 saturated heterocycles. The first-order valence-corrected chi connectivity index (χ1v) is 9.56. The smallest absolute Gasteiger partial charge is 0.311 e. The number of carbonyl (C=O) groups is 2. The molecule has 1 N–H and O–H groups in total. The van der Waals surface area contributed by atoms with E-state index in [1.807, 2.05) is 0 Å². The first-order valence-electron chi connectivity index (χ1n) is 9.56. The van der Waals surface area contributed by atoms with Crippen LogP contribution in [0, 0.1) is 5.92 Å². The number of fused-ring (bicyclic) bond motifs is 3. The molecular weight excluding hydrogens is 372 g/mol. The number of esters is 1. The van der Waals surface area contributed by atoms with Crippen LogP contribution in [0.3, 0.4) is 0 Å². The zero-order chi connectivity index (χ0) is 20.7. The lowest BCUT2D eigenvalue weighted by Gasteiger charge is -2.27. The van der Waals surface area contributed by atoms with Gasteiger partial charge >= 0.3 is 5.97 Å². The number of methoxy groups -OCH3 is 1. The Morgan fingerprint density at radius 1 is 1.21 bits per heavy atom. The number of phenolic OH excluding ortho intramolecular Hbond substituents is 1. The van der Waals surface area contributed by atoms with Crippen LogP contribution in [0.4, 0.5) is 0 Å². The highest BCUT2D eigenvalue weighted by Gasteiger charge is 2.37. The third-order valence-electron chi connectivity index (χ3n) is 5.14. The Labute approximate surface area is 168 Å². The number of allylic oxidation sites excluding steroid dienone is 1. The second-order valence-corrected chi connectivity index (χ2v) is 7.73. The monoisotopic (exact) mass is 394 g/mol. The maximum Gasteiger partial charge on any atom is 0.311 e. The van der Waals surface area contributed by atoms with Crippen LogP contribution in [-0.4, -0.2) is 24.0 Å². The number of Topliss-reactive ketones (excluding diaryl/α,β-unsaturated/α-hetero) is 1. The maximum absolute atomic E-state index is 12.9. The van der Waals surface area contributed by atoms with E-state index in [0.29, 0.717) is 34.3 Å². The normalized spacial score (nSPS) is 19.0. The van der Waals surface area contributed by atoms with Crippen molar-refractivity contribution in [3.63, 3.8) is 0 Å². The van der Waals surface area contributed by atoms with E-state index in [0.717, 1.165) is 12.0 Å². The van der Waals surface area contributed by atoms with E-state index in [9.17, 15) is 14.7 Å². The summed E-state index contributed by atoms with van der Waals surface area (Å²) in [7, 11) is 1.47. The lowest BCUT2D eigenvalue weighted by molar-refractivity contribution is -0.136. The predicted octanol–water partition coefficient (Wildman–Crippen LogP) is 4.46. The van der Waals surface area contributed by atoms with Gasteiger partial charge in [0.2, 0.25) is 5.78 Å². The fourth-order valence-electron chi connectivity index (χ4n) is 3.92. The van der Waals surface area contributed by atoms with E-state index >= 15 is 0 Å². The van der Waals surface area contributed by atoms with Gasteiger partial charge < -0.3 is 19.3 Å². The average molecular weight is 394 g/mol. The molecule has 0 aliphatic carbocycles. The third kappa shape index (κ3) is 3.46. The van der Waals surface area contributed by atoms with Crippen LogP contribution in [0.5, 0.6) is 23.0 Å². The van der Waals surface area contributed by atoms with Crippen LogP contribution < -0.4 is 14.2 Å². The molecular formula is C23H22O6. The minimum atomic E-state index is -0.267. The molecule has 6 nitrogen and oxygen atoms in total. The van der Waals surface area contributed by atoms with Gasteiger partial charge in [0.15, 0.2) is 17.3 Å². The summed E-state index contributed by atoms with van der Waals surface area (Å²) >= 11 is 0. The molecule has 2 aromatic rings. The number of carbonyl (C=O) groups excluding carboxylic acids is 2. The number of ketones is 1. The largest absolute Gasteiger partial charge is 0.504 e. The molecule has 0 unspecified atom stereocenters. The van der Waals surface area contributed by atoms with Crippen LogP contribution in [0.2, 0.25) is 0 Å². The number of benzene rings is 2. The zero-order valence-electron chi connectivity index (χ0n) is 16.5. The van der Waals surface area contributed by atoms with Gasteiger partial charge in [0, 0.05) is 11.5 Å². The molecule has 1 atom stereocenters. The van der Waals surface area contributed by atoms with Gasteiger partial charge in [-0.05, 0) is 48.2 Å². The summed E-state index contributed by atoms with van der Waals surface area (Å²) in [4.78, 5) is 24.9. The highest BCUT2D eigenvalue weighted by atomic mass is 16.5. The lowest BCUT2D eigenvalue weighted by Crippen LogP contribution is -2.21. The highest BCUT2D eigenvalue weighted by Crippen LogP contribution is 2.48. The molecule has 0 radical (unpaired) electrons. The zero-order valence-corrected chi connectivity index (χ0v) is 16.5. The summed E-state index contributed by atoms with van der Waals surface area (Å²) in [5.41, 5.74) is 1.85. The number of phenols is 1. The first-order chi connectivity index (χ1) is 13.9.